The molecule has 0 saturated heterocycles. The molecule has 1 aromatic rings. The number of aliphatic hydroxyl groups is 1. The molecule has 0 saturated carbocycles. The summed E-state index contributed by atoms with van der Waals surface area (Å²) in [5.74, 6) is -0.485. The Hall–Kier alpha value is -1.13. The average molecular weight is 227 g/mol. The maximum atomic E-state index is 12.9. The van der Waals surface area contributed by atoms with Crippen LogP contribution in [0.4, 0.5) is 4.39 Å². The molecule has 0 aliphatic rings. The minimum atomic E-state index is -0.430. The fraction of sp³-hybridized carbons (Fsp3) is 0.500. The van der Waals surface area contributed by atoms with Gasteiger partial charge in [-0.15, -0.1) is 0 Å². The molecule has 16 heavy (non-hydrogen) atoms. The van der Waals surface area contributed by atoms with Gasteiger partial charge in [0.05, 0.1) is 6.10 Å². The van der Waals surface area contributed by atoms with E-state index in [9.17, 15) is 4.39 Å². The molecule has 1 atom stereocenters. The number of nitrogens with one attached hydrogen (secondary N) is 1. The van der Waals surface area contributed by atoms with Gasteiger partial charge in [0, 0.05) is 12.6 Å². The number of phenols is 1. The van der Waals surface area contributed by atoms with Crippen molar-refractivity contribution < 1.29 is 14.6 Å². The van der Waals surface area contributed by atoms with Crippen molar-refractivity contribution in [2.24, 2.45) is 0 Å². The van der Waals surface area contributed by atoms with Gasteiger partial charge in [0.15, 0.2) is 0 Å². The van der Waals surface area contributed by atoms with Crippen LogP contribution in [0.25, 0.3) is 0 Å². The smallest absolute Gasteiger partial charge is 0.127 e. The van der Waals surface area contributed by atoms with Gasteiger partial charge in [-0.25, -0.2) is 4.39 Å². The molecule has 3 nitrogen and oxygen atoms in total. The van der Waals surface area contributed by atoms with Crippen LogP contribution < -0.4 is 5.32 Å². The van der Waals surface area contributed by atoms with Gasteiger partial charge in [0.25, 0.3) is 0 Å². The van der Waals surface area contributed by atoms with E-state index >= 15 is 0 Å². The summed E-state index contributed by atoms with van der Waals surface area (Å²) in [5, 5.41) is 21.3. The first-order valence-electron chi connectivity index (χ1n) is 5.45. The number of hydrogen-bond acceptors (Lipinski definition) is 3. The minimum Gasteiger partial charge on any atom is -0.508 e. The van der Waals surface area contributed by atoms with Crippen LogP contribution in [0.2, 0.25) is 0 Å². The molecule has 0 aliphatic carbocycles. The van der Waals surface area contributed by atoms with Gasteiger partial charge in [-0.2, -0.15) is 0 Å². The largest absolute Gasteiger partial charge is 0.508 e. The minimum absolute atomic E-state index is 0.0548. The van der Waals surface area contributed by atoms with Gasteiger partial charge < -0.3 is 15.5 Å². The van der Waals surface area contributed by atoms with E-state index in [1.807, 2.05) is 0 Å². The Bertz CT molecular complexity index is 309. The summed E-state index contributed by atoms with van der Waals surface area (Å²) >= 11 is 0. The van der Waals surface area contributed by atoms with Gasteiger partial charge in [-0.3, -0.25) is 0 Å². The van der Waals surface area contributed by atoms with Gasteiger partial charge in [-0.1, -0.05) is 0 Å². The molecule has 1 unspecified atom stereocenters. The Balaban J connectivity index is 2.26. The molecule has 90 valence electrons. The molecule has 1 rings (SSSR count). The molecule has 0 amide bonds. The fourth-order valence-corrected chi connectivity index (χ4v) is 1.49. The van der Waals surface area contributed by atoms with Crippen molar-refractivity contribution in [3.63, 3.8) is 0 Å². The van der Waals surface area contributed by atoms with Gasteiger partial charge in [0.2, 0.25) is 0 Å². The molecule has 1 aromatic carbocycles. The summed E-state index contributed by atoms with van der Waals surface area (Å²) in [4.78, 5) is 0. The molecule has 0 radical (unpaired) electrons. The Kier molecular flexibility index (Phi) is 5.22. The van der Waals surface area contributed by atoms with Crippen LogP contribution in [-0.2, 0) is 6.54 Å². The van der Waals surface area contributed by atoms with Crippen LogP contribution in [0.1, 0.15) is 25.3 Å². The van der Waals surface area contributed by atoms with E-state index < -0.39 is 5.82 Å². The summed E-state index contributed by atoms with van der Waals surface area (Å²) in [6, 6.07) is 4.00. The molecule has 0 heterocycles. The average Bonchev–Trinajstić information content (AvgIpc) is 2.15. The van der Waals surface area contributed by atoms with Crippen molar-refractivity contribution >= 4 is 0 Å². The first-order valence-corrected chi connectivity index (χ1v) is 5.45. The standard InChI is InChI=1S/C12H18FNO2/c1-9(15)3-2-4-14-8-10-5-11(13)7-12(16)6-10/h5-7,9,14-16H,2-4,8H2,1H3. The van der Waals surface area contributed by atoms with Crippen LogP contribution in [0, 0.1) is 5.82 Å². The van der Waals surface area contributed by atoms with Crippen molar-refractivity contribution in [1.29, 1.82) is 0 Å². The number of hydrogen-bond donors (Lipinski definition) is 3. The number of aromatic hydroxyl groups is 1. The molecule has 0 fully saturated rings. The lowest BCUT2D eigenvalue weighted by molar-refractivity contribution is 0.181. The maximum Gasteiger partial charge on any atom is 0.127 e. The van der Waals surface area contributed by atoms with E-state index in [4.69, 9.17) is 10.2 Å². The van der Waals surface area contributed by atoms with Crippen LogP contribution >= 0.6 is 0 Å². The molecular formula is C12H18FNO2. The highest BCUT2D eigenvalue weighted by atomic mass is 19.1. The van der Waals surface area contributed by atoms with Gasteiger partial charge >= 0.3 is 0 Å². The number of aliphatic hydroxyl groups excluding tert-OH is 1. The second-order valence-electron chi connectivity index (χ2n) is 3.99. The lowest BCUT2D eigenvalue weighted by Crippen LogP contribution is -2.16. The number of rotatable bonds is 6. The first kappa shape index (κ1) is 12.9. The predicted octanol–water partition coefficient (Wildman–Crippen LogP) is 1.78. The molecular weight excluding hydrogens is 209 g/mol. The zero-order valence-electron chi connectivity index (χ0n) is 9.41. The molecule has 0 spiro atoms. The summed E-state index contributed by atoms with van der Waals surface area (Å²) in [6.45, 7) is 3.04. The Morgan fingerprint density at radius 3 is 2.75 bits per heavy atom. The van der Waals surface area contributed by atoms with Crippen molar-refractivity contribution in [3.8, 4) is 5.75 Å². The third-order valence-corrected chi connectivity index (χ3v) is 2.25. The fourth-order valence-electron chi connectivity index (χ4n) is 1.49. The van der Waals surface area contributed by atoms with Crippen LogP contribution in [0.5, 0.6) is 5.75 Å². The second-order valence-corrected chi connectivity index (χ2v) is 3.99. The highest BCUT2D eigenvalue weighted by Gasteiger charge is 2.00. The Labute approximate surface area is 94.9 Å². The van der Waals surface area contributed by atoms with Crippen LogP contribution in [-0.4, -0.2) is 22.9 Å². The van der Waals surface area contributed by atoms with E-state index in [1.165, 1.54) is 12.1 Å². The monoisotopic (exact) mass is 227 g/mol. The summed E-state index contributed by atoms with van der Waals surface area (Å²) in [5.41, 5.74) is 0.717. The van der Waals surface area contributed by atoms with Crippen molar-refractivity contribution in [2.45, 2.75) is 32.4 Å². The van der Waals surface area contributed by atoms with Gasteiger partial charge in [-0.05, 0) is 44.0 Å². The molecule has 0 aromatic heterocycles. The zero-order valence-corrected chi connectivity index (χ0v) is 9.41. The highest BCUT2D eigenvalue weighted by molar-refractivity contribution is 5.28. The maximum absolute atomic E-state index is 12.9. The molecule has 4 heteroatoms. The van der Waals surface area contributed by atoms with E-state index in [-0.39, 0.29) is 11.9 Å². The number of benzene rings is 1. The third kappa shape index (κ3) is 5.09. The summed E-state index contributed by atoms with van der Waals surface area (Å²) in [6.07, 6.45) is 1.35. The summed E-state index contributed by atoms with van der Waals surface area (Å²) in [7, 11) is 0. The highest BCUT2D eigenvalue weighted by Crippen LogP contribution is 2.14. The Morgan fingerprint density at radius 1 is 1.38 bits per heavy atom. The normalized spacial score (nSPS) is 12.7. The lowest BCUT2D eigenvalue weighted by atomic mass is 10.2. The van der Waals surface area contributed by atoms with Crippen molar-refractivity contribution in [1.82, 2.24) is 5.32 Å². The SMILES string of the molecule is CC(O)CCCNCc1cc(O)cc(F)c1. The van der Waals surface area contributed by atoms with Crippen LogP contribution in [0.15, 0.2) is 18.2 Å². The topological polar surface area (TPSA) is 52.5 Å². The number of halogens is 1. The lowest BCUT2D eigenvalue weighted by Gasteiger charge is -2.07. The van der Waals surface area contributed by atoms with E-state index in [0.29, 0.717) is 6.54 Å². The van der Waals surface area contributed by atoms with Crippen LogP contribution in [0.3, 0.4) is 0 Å². The predicted molar refractivity (Wildman–Crippen MR) is 60.7 cm³/mol. The molecule has 0 aliphatic heterocycles. The third-order valence-electron chi connectivity index (χ3n) is 2.25. The molecule has 3 N–H and O–H groups in total. The summed E-state index contributed by atoms with van der Waals surface area (Å²) < 4.78 is 12.9. The number of phenolic OH excluding ortho intramolecular Hbond substituents is 1. The quantitative estimate of drug-likeness (QED) is 0.649. The van der Waals surface area contributed by atoms with Crippen molar-refractivity contribution in [2.75, 3.05) is 6.54 Å². The van der Waals surface area contributed by atoms with Crippen molar-refractivity contribution in [3.05, 3.63) is 29.6 Å². The van der Waals surface area contributed by atoms with E-state index in [1.54, 1.807) is 6.92 Å². The van der Waals surface area contributed by atoms with Gasteiger partial charge in [0.1, 0.15) is 11.6 Å². The van der Waals surface area contributed by atoms with E-state index in [0.717, 1.165) is 31.0 Å². The zero-order chi connectivity index (χ0) is 12.0. The van der Waals surface area contributed by atoms with E-state index in [2.05, 4.69) is 5.32 Å². The Morgan fingerprint density at radius 2 is 2.12 bits per heavy atom. The first-order chi connectivity index (χ1) is 7.58. The molecule has 0 bridgehead atoms. The second kappa shape index (κ2) is 6.45.